The number of halogens is 2. The third-order valence-electron chi connectivity index (χ3n) is 4.56. The standard InChI is InChI=1S/C22H26FN5O2.HI/c1-4-19-18(20(5-2)30-28-19)14-27-22(24-3)26-13-15-10-11-25-21(12-15)29-17-8-6-16(23)7-9-17;/h6-12H,4-5,13-14H2,1-3H3,(H2,24,26,27);1H. The molecule has 0 saturated carbocycles. The lowest BCUT2D eigenvalue weighted by atomic mass is 10.1. The van der Waals surface area contributed by atoms with E-state index >= 15 is 0 Å². The highest BCUT2D eigenvalue weighted by molar-refractivity contribution is 14.0. The molecule has 0 aliphatic rings. The Balaban J connectivity index is 0.00000341. The number of aliphatic imine (C=N–C) groups is 1. The number of guanidine groups is 1. The predicted molar refractivity (Wildman–Crippen MR) is 128 cm³/mol. The third-order valence-corrected chi connectivity index (χ3v) is 4.56. The number of nitrogens with zero attached hydrogens (tertiary/aromatic N) is 3. The fraction of sp³-hybridized carbons (Fsp3) is 0.318. The van der Waals surface area contributed by atoms with Gasteiger partial charge in [0.2, 0.25) is 5.88 Å². The number of rotatable bonds is 8. The Morgan fingerprint density at radius 2 is 1.84 bits per heavy atom. The van der Waals surface area contributed by atoms with E-state index in [1.54, 1.807) is 25.4 Å². The molecular weight excluding hydrogens is 512 g/mol. The molecule has 166 valence electrons. The van der Waals surface area contributed by atoms with Crippen molar-refractivity contribution in [3.63, 3.8) is 0 Å². The van der Waals surface area contributed by atoms with Crippen LogP contribution in [0, 0.1) is 5.82 Å². The third kappa shape index (κ3) is 6.91. The Labute approximate surface area is 198 Å². The normalized spacial score (nSPS) is 11.0. The molecule has 0 fully saturated rings. The van der Waals surface area contributed by atoms with Crippen LogP contribution in [0.2, 0.25) is 0 Å². The van der Waals surface area contributed by atoms with Crippen LogP contribution in [-0.2, 0) is 25.9 Å². The Kier molecular flexibility index (Phi) is 9.70. The van der Waals surface area contributed by atoms with Crippen LogP contribution in [0.4, 0.5) is 4.39 Å². The lowest BCUT2D eigenvalue weighted by Crippen LogP contribution is -2.36. The molecule has 0 bridgehead atoms. The first kappa shape index (κ1) is 24.6. The molecule has 0 aliphatic carbocycles. The molecule has 0 saturated heterocycles. The molecule has 0 atom stereocenters. The molecule has 3 aromatic rings. The second-order valence-corrected chi connectivity index (χ2v) is 6.58. The van der Waals surface area contributed by atoms with Crippen molar-refractivity contribution in [3.8, 4) is 11.6 Å². The number of aromatic nitrogens is 2. The van der Waals surface area contributed by atoms with Crippen LogP contribution in [0.3, 0.4) is 0 Å². The first-order valence-electron chi connectivity index (χ1n) is 9.92. The maximum atomic E-state index is 13.0. The minimum Gasteiger partial charge on any atom is -0.439 e. The zero-order valence-electron chi connectivity index (χ0n) is 17.8. The monoisotopic (exact) mass is 539 g/mol. The zero-order chi connectivity index (χ0) is 21.3. The highest BCUT2D eigenvalue weighted by Crippen LogP contribution is 2.20. The first-order valence-corrected chi connectivity index (χ1v) is 9.92. The van der Waals surface area contributed by atoms with E-state index in [-0.39, 0.29) is 29.8 Å². The summed E-state index contributed by atoms with van der Waals surface area (Å²) in [4.78, 5) is 8.48. The second-order valence-electron chi connectivity index (χ2n) is 6.58. The van der Waals surface area contributed by atoms with Gasteiger partial charge in [-0.3, -0.25) is 4.99 Å². The maximum absolute atomic E-state index is 13.0. The lowest BCUT2D eigenvalue weighted by molar-refractivity contribution is 0.380. The van der Waals surface area contributed by atoms with Crippen molar-refractivity contribution in [1.82, 2.24) is 20.8 Å². The number of ether oxygens (including phenoxy) is 1. The van der Waals surface area contributed by atoms with E-state index < -0.39 is 0 Å². The van der Waals surface area contributed by atoms with Crippen LogP contribution >= 0.6 is 24.0 Å². The SMILES string of the molecule is CCc1noc(CC)c1CNC(=NC)NCc1ccnc(Oc2ccc(F)cc2)c1.I. The van der Waals surface area contributed by atoms with Crippen molar-refractivity contribution < 1.29 is 13.7 Å². The van der Waals surface area contributed by atoms with E-state index in [0.717, 1.165) is 35.4 Å². The molecular formula is C22H27FIN5O2. The highest BCUT2D eigenvalue weighted by Gasteiger charge is 2.13. The van der Waals surface area contributed by atoms with Crippen LogP contribution < -0.4 is 15.4 Å². The summed E-state index contributed by atoms with van der Waals surface area (Å²) in [5.41, 5.74) is 3.02. The van der Waals surface area contributed by atoms with Crippen molar-refractivity contribution in [2.24, 2.45) is 4.99 Å². The highest BCUT2D eigenvalue weighted by atomic mass is 127. The molecule has 9 heteroatoms. The molecule has 2 aromatic heterocycles. The van der Waals surface area contributed by atoms with Gasteiger partial charge in [0.25, 0.3) is 0 Å². The van der Waals surface area contributed by atoms with Crippen LogP contribution in [0.15, 0.2) is 52.1 Å². The van der Waals surface area contributed by atoms with E-state index in [1.807, 2.05) is 19.1 Å². The summed E-state index contributed by atoms with van der Waals surface area (Å²) in [6.07, 6.45) is 3.29. The van der Waals surface area contributed by atoms with Gasteiger partial charge in [0.05, 0.1) is 5.69 Å². The van der Waals surface area contributed by atoms with Gasteiger partial charge in [0, 0.05) is 44.4 Å². The summed E-state index contributed by atoms with van der Waals surface area (Å²) in [6, 6.07) is 9.54. The number of aryl methyl sites for hydroxylation is 2. The van der Waals surface area contributed by atoms with E-state index in [4.69, 9.17) is 9.26 Å². The Morgan fingerprint density at radius 3 is 2.52 bits per heavy atom. The van der Waals surface area contributed by atoms with Crippen molar-refractivity contribution >= 4 is 29.9 Å². The van der Waals surface area contributed by atoms with Crippen LogP contribution in [-0.4, -0.2) is 23.1 Å². The van der Waals surface area contributed by atoms with Gasteiger partial charge in [-0.2, -0.15) is 0 Å². The quantitative estimate of drug-likeness (QED) is 0.247. The van der Waals surface area contributed by atoms with Crippen molar-refractivity contribution in [1.29, 1.82) is 0 Å². The molecule has 0 spiro atoms. The number of hydrogen-bond acceptors (Lipinski definition) is 5. The molecule has 7 nitrogen and oxygen atoms in total. The van der Waals surface area contributed by atoms with Gasteiger partial charge < -0.3 is 19.9 Å². The van der Waals surface area contributed by atoms with Gasteiger partial charge in [-0.15, -0.1) is 24.0 Å². The fourth-order valence-electron chi connectivity index (χ4n) is 2.96. The molecule has 0 radical (unpaired) electrons. The van der Waals surface area contributed by atoms with Gasteiger partial charge in [-0.25, -0.2) is 9.37 Å². The molecule has 0 unspecified atom stereocenters. The van der Waals surface area contributed by atoms with E-state index in [2.05, 4.69) is 32.7 Å². The molecule has 2 N–H and O–H groups in total. The van der Waals surface area contributed by atoms with Crippen molar-refractivity contribution in [2.75, 3.05) is 7.05 Å². The van der Waals surface area contributed by atoms with Gasteiger partial charge in [-0.05, 0) is 42.3 Å². The molecule has 2 heterocycles. The van der Waals surface area contributed by atoms with Gasteiger partial charge >= 0.3 is 0 Å². The van der Waals surface area contributed by atoms with Gasteiger partial charge in [-0.1, -0.05) is 19.0 Å². The number of nitrogens with one attached hydrogen (secondary N) is 2. The Bertz CT molecular complexity index is 970. The van der Waals surface area contributed by atoms with Crippen molar-refractivity contribution in [2.45, 2.75) is 39.8 Å². The van der Waals surface area contributed by atoms with Crippen LogP contribution in [0.25, 0.3) is 0 Å². The Morgan fingerprint density at radius 1 is 1.10 bits per heavy atom. The largest absolute Gasteiger partial charge is 0.439 e. The molecule has 1 aromatic carbocycles. The summed E-state index contributed by atoms with van der Waals surface area (Å²) in [5, 5.41) is 10.7. The summed E-state index contributed by atoms with van der Waals surface area (Å²) in [6.45, 7) is 5.23. The number of hydrogen-bond donors (Lipinski definition) is 2. The van der Waals surface area contributed by atoms with E-state index in [9.17, 15) is 4.39 Å². The van der Waals surface area contributed by atoms with E-state index in [0.29, 0.717) is 30.7 Å². The van der Waals surface area contributed by atoms with Gasteiger partial charge in [0.1, 0.15) is 17.3 Å². The van der Waals surface area contributed by atoms with E-state index in [1.165, 1.54) is 12.1 Å². The Hall–Kier alpha value is -2.69. The smallest absolute Gasteiger partial charge is 0.219 e. The molecule has 31 heavy (non-hydrogen) atoms. The second kappa shape index (κ2) is 12.2. The lowest BCUT2D eigenvalue weighted by Gasteiger charge is -2.13. The van der Waals surface area contributed by atoms with Crippen LogP contribution in [0.1, 0.15) is 36.4 Å². The number of pyridine rings is 1. The topological polar surface area (TPSA) is 84.6 Å². The van der Waals surface area contributed by atoms with Gasteiger partial charge in [0.15, 0.2) is 5.96 Å². The molecule has 0 amide bonds. The minimum absolute atomic E-state index is 0. The summed E-state index contributed by atoms with van der Waals surface area (Å²) < 4.78 is 24.1. The zero-order valence-corrected chi connectivity index (χ0v) is 20.1. The number of benzene rings is 1. The first-order chi connectivity index (χ1) is 14.6. The summed E-state index contributed by atoms with van der Waals surface area (Å²) in [5.74, 6) is 2.22. The summed E-state index contributed by atoms with van der Waals surface area (Å²) in [7, 11) is 1.72. The molecule has 0 aliphatic heterocycles. The fourth-order valence-corrected chi connectivity index (χ4v) is 2.96. The average Bonchev–Trinajstić information content (AvgIpc) is 3.18. The minimum atomic E-state index is -0.310. The molecule has 3 rings (SSSR count). The average molecular weight is 539 g/mol. The maximum Gasteiger partial charge on any atom is 0.219 e. The summed E-state index contributed by atoms with van der Waals surface area (Å²) >= 11 is 0. The predicted octanol–water partition coefficient (Wildman–Crippen LogP) is 4.61. The van der Waals surface area contributed by atoms with Crippen LogP contribution in [0.5, 0.6) is 11.6 Å². The van der Waals surface area contributed by atoms with Crippen molar-refractivity contribution in [3.05, 3.63) is 71.0 Å².